The van der Waals surface area contributed by atoms with E-state index in [1.807, 2.05) is 18.7 Å². The highest BCUT2D eigenvalue weighted by atomic mass is 16.5. The molecule has 3 heterocycles. The van der Waals surface area contributed by atoms with Crippen molar-refractivity contribution in [1.29, 1.82) is 0 Å². The molecule has 2 bridgehead atoms. The highest BCUT2D eigenvalue weighted by Gasteiger charge is 2.49. The van der Waals surface area contributed by atoms with Crippen molar-refractivity contribution in [3.8, 4) is 0 Å². The molecular weight excluding hydrogens is 672 g/mol. The molecule has 2 aliphatic carbocycles. The van der Waals surface area contributed by atoms with E-state index in [4.69, 9.17) is 10.5 Å². The van der Waals surface area contributed by atoms with Crippen molar-refractivity contribution >= 4 is 29.4 Å². The Balaban J connectivity index is 1.52. The van der Waals surface area contributed by atoms with Crippen LogP contribution in [0.15, 0.2) is 0 Å². The number of rotatable bonds is 15. The van der Waals surface area contributed by atoms with E-state index in [9.17, 15) is 24.0 Å². The summed E-state index contributed by atoms with van der Waals surface area (Å²) in [5.74, 6) is 0.267. The van der Waals surface area contributed by atoms with E-state index in [2.05, 4.69) is 55.9 Å². The van der Waals surface area contributed by atoms with Crippen LogP contribution in [0.3, 0.4) is 0 Å². The number of urea groups is 1. The number of likely N-dealkylation sites (tertiary alicyclic amines) is 1. The summed E-state index contributed by atoms with van der Waals surface area (Å²) in [5.41, 5.74) is 3.35. The van der Waals surface area contributed by atoms with E-state index in [-0.39, 0.29) is 46.4 Å². The van der Waals surface area contributed by atoms with Crippen molar-refractivity contribution in [2.75, 3.05) is 26.2 Å². The fourth-order valence-corrected chi connectivity index (χ4v) is 9.24. The summed E-state index contributed by atoms with van der Waals surface area (Å²) in [6.07, 6.45) is 10.8. The minimum absolute atomic E-state index is 0.0516. The standard InChI is InChI=1S/C41H72N6O6/c1-28(2)34(46-40-21-14-29(15-22-40)39(6,7)44-24-16-32(40)48)36(51)45-31(13-9-12-23-43-37(42)52)35(50)41(19-10-8-11-20-41)53-30-17-25-47(26-18-30)33(49)27-38(3,4)5/h28-31,34,44,46H,8-27H2,1-7H3,(H,45,51)(H3,42,43,52)/t29?,31-,34-,40?/m0/s1. The Morgan fingerprint density at radius 1 is 0.962 bits per heavy atom. The molecule has 6 N–H and O–H groups in total. The van der Waals surface area contributed by atoms with E-state index in [0.29, 0.717) is 103 Å². The Bertz CT molecular complexity index is 1270. The second-order valence-electron chi connectivity index (χ2n) is 18.7. The molecule has 12 nitrogen and oxygen atoms in total. The zero-order valence-electron chi connectivity index (χ0n) is 34.0. The van der Waals surface area contributed by atoms with Gasteiger partial charge in [-0.1, -0.05) is 53.9 Å². The number of nitrogens with zero attached hydrogens (tertiary/aromatic N) is 1. The highest BCUT2D eigenvalue weighted by Crippen LogP contribution is 2.41. The molecule has 4 amide bonds. The van der Waals surface area contributed by atoms with Gasteiger partial charge in [0.2, 0.25) is 11.8 Å². The zero-order chi connectivity index (χ0) is 39.0. The Kier molecular flexibility index (Phi) is 15.0. The van der Waals surface area contributed by atoms with Gasteiger partial charge in [-0.3, -0.25) is 24.5 Å². The number of ketones is 2. The number of hydrogen-bond donors (Lipinski definition) is 5. The molecule has 3 aliphatic heterocycles. The van der Waals surface area contributed by atoms with Gasteiger partial charge in [0.05, 0.1) is 23.7 Å². The third-order valence-electron chi connectivity index (χ3n) is 12.5. The van der Waals surface area contributed by atoms with Crippen molar-refractivity contribution < 1.29 is 28.7 Å². The summed E-state index contributed by atoms with van der Waals surface area (Å²) in [7, 11) is 0. The molecule has 302 valence electrons. The maximum atomic E-state index is 14.9. The topological polar surface area (TPSA) is 172 Å². The molecular formula is C41H72N6O6. The number of primary amides is 1. The first kappa shape index (κ1) is 43.2. The number of hydrogen-bond acceptors (Lipinski definition) is 8. The molecule has 0 aromatic heterocycles. The van der Waals surface area contributed by atoms with Gasteiger partial charge in [-0.25, -0.2) is 4.79 Å². The molecule has 0 radical (unpaired) electrons. The van der Waals surface area contributed by atoms with Crippen molar-refractivity contribution in [2.45, 2.75) is 186 Å². The van der Waals surface area contributed by atoms with Crippen LogP contribution in [0, 0.1) is 17.3 Å². The zero-order valence-corrected chi connectivity index (χ0v) is 34.0. The van der Waals surface area contributed by atoms with Crippen LogP contribution in [0.1, 0.15) is 151 Å². The van der Waals surface area contributed by atoms with E-state index in [0.717, 1.165) is 32.1 Å². The van der Waals surface area contributed by atoms with Gasteiger partial charge < -0.3 is 31.3 Å². The lowest BCUT2D eigenvalue weighted by Crippen LogP contribution is -2.64. The predicted molar refractivity (Wildman–Crippen MR) is 207 cm³/mol. The number of Topliss-reactive ketones (excluding diaryl/α,β-unsaturated/α-hetero) is 2. The number of carbonyl (C=O) groups excluding carboxylic acids is 5. The smallest absolute Gasteiger partial charge is 0.312 e. The van der Waals surface area contributed by atoms with Crippen LogP contribution in [0.5, 0.6) is 0 Å². The molecule has 0 unspecified atom stereocenters. The Morgan fingerprint density at radius 3 is 2.19 bits per heavy atom. The number of fused-ring (bicyclic) bond motifs is 6. The quantitative estimate of drug-likeness (QED) is 0.147. The monoisotopic (exact) mass is 745 g/mol. The lowest BCUT2D eigenvalue weighted by molar-refractivity contribution is -0.168. The molecule has 2 saturated carbocycles. The molecule has 5 aliphatic rings. The summed E-state index contributed by atoms with van der Waals surface area (Å²) in [5, 5.41) is 13.0. The molecule has 5 fully saturated rings. The van der Waals surface area contributed by atoms with Crippen LogP contribution in [0.25, 0.3) is 0 Å². The predicted octanol–water partition coefficient (Wildman–Crippen LogP) is 4.91. The van der Waals surface area contributed by atoms with E-state index >= 15 is 0 Å². The molecule has 0 spiro atoms. The Labute approximate surface area is 319 Å². The second kappa shape index (κ2) is 18.4. The number of ether oxygens (including phenoxy) is 1. The summed E-state index contributed by atoms with van der Waals surface area (Å²) < 4.78 is 6.89. The fourth-order valence-electron chi connectivity index (χ4n) is 9.24. The van der Waals surface area contributed by atoms with Gasteiger partial charge in [-0.15, -0.1) is 0 Å². The normalized spacial score (nSPS) is 26.2. The third-order valence-corrected chi connectivity index (χ3v) is 12.5. The summed E-state index contributed by atoms with van der Waals surface area (Å²) >= 11 is 0. The van der Waals surface area contributed by atoms with Crippen LogP contribution in [-0.2, 0) is 23.9 Å². The lowest BCUT2D eigenvalue weighted by atomic mass is 9.68. The van der Waals surface area contributed by atoms with Crippen molar-refractivity contribution in [3.63, 3.8) is 0 Å². The van der Waals surface area contributed by atoms with Crippen LogP contribution in [-0.4, -0.2) is 95.4 Å². The largest absolute Gasteiger partial charge is 0.364 e. The minimum Gasteiger partial charge on any atom is -0.364 e. The first-order valence-electron chi connectivity index (χ1n) is 20.8. The molecule has 2 atom stereocenters. The van der Waals surface area contributed by atoms with Gasteiger partial charge >= 0.3 is 6.03 Å². The van der Waals surface area contributed by atoms with Crippen LogP contribution < -0.4 is 27.0 Å². The molecule has 3 saturated heterocycles. The van der Waals surface area contributed by atoms with Crippen LogP contribution in [0.2, 0.25) is 0 Å². The first-order chi connectivity index (χ1) is 24.9. The maximum Gasteiger partial charge on any atom is 0.312 e. The van der Waals surface area contributed by atoms with Crippen molar-refractivity contribution in [2.24, 2.45) is 23.0 Å². The average molecular weight is 745 g/mol. The van der Waals surface area contributed by atoms with Crippen LogP contribution in [0.4, 0.5) is 4.79 Å². The van der Waals surface area contributed by atoms with E-state index < -0.39 is 29.3 Å². The first-order valence-corrected chi connectivity index (χ1v) is 20.8. The number of amides is 4. The van der Waals surface area contributed by atoms with E-state index in [1.54, 1.807) is 0 Å². The lowest BCUT2D eigenvalue weighted by Gasteiger charge is -2.45. The number of piperidine rings is 1. The molecule has 53 heavy (non-hydrogen) atoms. The molecule has 0 aromatic rings. The SMILES string of the molecule is CC(C)[C@H](NC12CCC(CC1)C(C)(C)NCCC2=O)C(=O)N[C@@H](CCCCNC(N)=O)C(=O)C1(OC2CCN(C(=O)CC(C)(C)C)CC2)CCCCC1. The minimum atomic E-state index is -1.02. The third kappa shape index (κ3) is 11.7. The highest BCUT2D eigenvalue weighted by molar-refractivity contribution is 5.96. The van der Waals surface area contributed by atoms with Crippen molar-refractivity contribution in [1.82, 2.24) is 26.2 Å². The summed E-state index contributed by atoms with van der Waals surface area (Å²) in [6, 6.07) is -2.05. The molecule has 5 rings (SSSR count). The van der Waals surface area contributed by atoms with Crippen LogP contribution >= 0.6 is 0 Å². The Morgan fingerprint density at radius 2 is 1.60 bits per heavy atom. The van der Waals surface area contributed by atoms with E-state index in [1.165, 1.54) is 0 Å². The average Bonchev–Trinajstić information content (AvgIpc) is 3.16. The van der Waals surface area contributed by atoms with Gasteiger partial charge in [0, 0.05) is 44.6 Å². The van der Waals surface area contributed by atoms with Gasteiger partial charge in [0.25, 0.3) is 0 Å². The number of nitrogens with one attached hydrogen (secondary N) is 4. The maximum absolute atomic E-state index is 14.9. The molecule has 0 aromatic carbocycles. The van der Waals surface area contributed by atoms with Gasteiger partial charge in [0.1, 0.15) is 5.60 Å². The summed E-state index contributed by atoms with van der Waals surface area (Å²) in [6.45, 7) is 16.8. The second-order valence-corrected chi connectivity index (χ2v) is 18.7. The Hall–Kier alpha value is -2.57. The number of carbonyl (C=O) groups is 5. The number of unbranched alkanes of at least 4 members (excludes halogenated alkanes) is 1. The summed E-state index contributed by atoms with van der Waals surface area (Å²) in [4.78, 5) is 69.4. The van der Waals surface area contributed by atoms with Gasteiger partial charge in [-0.05, 0) is 102 Å². The molecule has 12 heteroatoms. The fraction of sp³-hybridized carbons (Fsp3) is 0.878. The van der Waals surface area contributed by atoms with Gasteiger partial charge in [0.15, 0.2) is 11.6 Å². The van der Waals surface area contributed by atoms with Crippen molar-refractivity contribution in [3.05, 3.63) is 0 Å². The number of nitrogens with two attached hydrogens (primary N) is 1. The van der Waals surface area contributed by atoms with Gasteiger partial charge in [-0.2, -0.15) is 0 Å².